The second-order valence-corrected chi connectivity index (χ2v) is 4.09. The third-order valence-corrected chi connectivity index (χ3v) is 3.04. The molecule has 2 rings (SSSR count). The monoisotopic (exact) mass is 171 g/mol. The topological polar surface area (TPSA) is 52.5 Å². The lowest BCUT2D eigenvalue weighted by atomic mass is 9.88. The summed E-state index contributed by atoms with van der Waals surface area (Å²) in [4.78, 5) is 0. The zero-order valence-electron chi connectivity index (χ0n) is 7.24. The van der Waals surface area contributed by atoms with Gasteiger partial charge in [-0.1, -0.05) is 0 Å². The Balaban J connectivity index is 1.72. The predicted molar refractivity (Wildman–Crippen MR) is 45.8 cm³/mol. The number of nitrogens with one attached hydrogen (secondary N) is 1. The first-order valence-electron chi connectivity index (χ1n) is 4.88. The largest absolute Gasteiger partial charge is 0.393 e. The second-order valence-electron chi connectivity index (χ2n) is 4.09. The van der Waals surface area contributed by atoms with Crippen LogP contribution in [0.2, 0.25) is 0 Å². The van der Waals surface area contributed by atoms with Crippen LogP contribution >= 0.6 is 0 Å². The van der Waals surface area contributed by atoms with Crippen molar-refractivity contribution in [3.63, 3.8) is 0 Å². The van der Waals surface area contributed by atoms with Crippen LogP contribution in [0.25, 0.3) is 0 Å². The Morgan fingerprint density at radius 1 is 1.08 bits per heavy atom. The van der Waals surface area contributed by atoms with Crippen molar-refractivity contribution < 1.29 is 10.2 Å². The molecule has 0 radical (unpaired) electrons. The van der Waals surface area contributed by atoms with Crippen LogP contribution in [0.3, 0.4) is 0 Å². The lowest BCUT2D eigenvalue weighted by Crippen LogP contribution is -2.50. The first-order chi connectivity index (χ1) is 5.75. The van der Waals surface area contributed by atoms with Crippen molar-refractivity contribution in [1.29, 1.82) is 0 Å². The Morgan fingerprint density at radius 2 is 1.83 bits per heavy atom. The van der Waals surface area contributed by atoms with E-state index in [4.69, 9.17) is 5.11 Å². The Labute approximate surface area is 72.8 Å². The average Bonchev–Trinajstić information content (AvgIpc) is 2.33. The number of aliphatic hydroxyl groups is 2. The smallest absolute Gasteiger partial charge is 0.0693 e. The number of hydrogen-bond acceptors (Lipinski definition) is 3. The summed E-state index contributed by atoms with van der Waals surface area (Å²) in [6, 6.07) is 0.750. The van der Waals surface area contributed by atoms with Gasteiger partial charge in [0.05, 0.1) is 12.2 Å². The van der Waals surface area contributed by atoms with Crippen molar-refractivity contribution in [2.75, 3.05) is 0 Å². The van der Waals surface area contributed by atoms with E-state index < -0.39 is 0 Å². The van der Waals surface area contributed by atoms with E-state index in [1.165, 1.54) is 0 Å². The number of rotatable bonds is 2. The van der Waals surface area contributed by atoms with E-state index in [0.29, 0.717) is 12.1 Å². The van der Waals surface area contributed by atoms with E-state index in [1.807, 2.05) is 0 Å². The highest BCUT2D eigenvalue weighted by molar-refractivity contribution is 4.91. The molecule has 0 heterocycles. The van der Waals surface area contributed by atoms with Gasteiger partial charge in [0.25, 0.3) is 0 Å². The Bertz CT molecular complexity index is 157. The van der Waals surface area contributed by atoms with Gasteiger partial charge in [0.15, 0.2) is 0 Å². The van der Waals surface area contributed by atoms with Crippen LogP contribution in [0.4, 0.5) is 0 Å². The van der Waals surface area contributed by atoms with Gasteiger partial charge >= 0.3 is 0 Å². The molecule has 3 N–H and O–H groups in total. The zero-order chi connectivity index (χ0) is 8.55. The van der Waals surface area contributed by atoms with E-state index >= 15 is 0 Å². The molecule has 12 heavy (non-hydrogen) atoms. The minimum atomic E-state index is -0.150. The minimum Gasteiger partial charge on any atom is -0.393 e. The SMILES string of the molecule is OC1CC(N[C@H]2CCC[C@@H]2O)C1. The van der Waals surface area contributed by atoms with Crippen LogP contribution in [0.1, 0.15) is 32.1 Å². The summed E-state index contributed by atoms with van der Waals surface area (Å²) in [5, 5.41) is 21.9. The summed E-state index contributed by atoms with van der Waals surface area (Å²) < 4.78 is 0. The van der Waals surface area contributed by atoms with Crippen molar-refractivity contribution in [2.24, 2.45) is 0 Å². The maximum atomic E-state index is 9.50. The Hall–Kier alpha value is -0.120. The standard InChI is InChI=1S/C9H17NO2/c11-7-4-6(5-7)10-8-2-1-3-9(8)12/h6-12H,1-5H2/t6?,7?,8-,9-/m0/s1. The van der Waals surface area contributed by atoms with Crippen LogP contribution in [0.15, 0.2) is 0 Å². The van der Waals surface area contributed by atoms with E-state index in [-0.39, 0.29) is 12.2 Å². The van der Waals surface area contributed by atoms with Gasteiger partial charge < -0.3 is 15.5 Å². The van der Waals surface area contributed by atoms with E-state index in [9.17, 15) is 5.11 Å². The molecule has 0 aromatic rings. The first kappa shape index (κ1) is 8.48. The molecule has 2 fully saturated rings. The minimum absolute atomic E-state index is 0.0963. The van der Waals surface area contributed by atoms with Crippen LogP contribution in [-0.2, 0) is 0 Å². The molecular weight excluding hydrogens is 154 g/mol. The highest BCUT2D eigenvalue weighted by Gasteiger charge is 2.32. The van der Waals surface area contributed by atoms with Crippen LogP contribution in [-0.4, -0.2) is 34.5 Å². The zero-order valence-corrected chi connectivity index (χ0v) is 7.24. The van der Waals surface area contributed by atoms with E-state index in [2.05, 4.69) is 5.32 Å². The summed E-state index contributed by atoms with van der Waals surface area (Å²) in [5.41, 5.74) is 0. The van der Waals surface area contributed by atoms with Crippen LogP contribution in [0.5, 0.6) is 0 Å². The maximum absolute atomic E-state index is 9.50. The average molecular weight is 171 g/mol. The summed E-state index contributed by atoms with van der Waals surface area (Å²) in [6.45, 7) is 0. The molecule has 3 nitrogen and oxygen atoms in total. The first-order valence-corrected chi connectivity index (χ1v) is 4.88. The molecule has 0 aromatic carbocycles. The molecule has 2 aliphatic carbocycles. The third kappa shape index (κ3) is 1.63. The van der Waals surface area contributed by atoms with Gasteiger partial charge in [-0.15, -0.1) is 0 Å². The molecule has 2 atom stereocenters. The molecular formula is C9H17NO2. The van der Waals surface area contributed by atoms with Crippen molar-refractivity contribution in [3.05, 3.63) is 0 Å². The lowest BCUT2D eigenvalue weighted by Gasteiger charge is -2.35. The Morgan fingerprint density at radius 3 is 2.33 bits per heavy atom. The van der Waals surface area contributed by atoms with Gasteiger partial charge in [-0.3, -0.25) is 0 Å². The highest BCUT2D eigenvalue weighted by Crippen LogP contribution is 2.25. The molecule has 0 unspecified atom stereocenters. The van der Waals surface area contributed by atoms with Gasteiger partial charge in [0.2, 0.25) is 0 Å². The lowest BCUT2D eigenvalue weighted by molar-refractivity contribution is 0.0463. The van der Waals surface area contributed by atoms with E-state index in [1.54, 1.807) is 0 Å². The van der Waals surface area contributed by atoms with Crippen molar-refractivity contribution >= 4 is 0 Å². The quantitative estimate of drug-likeness (QED) is 0.548. The van der Waals surface area contributed by atoms with Crippen molar-refractivity contribution in [1.82, 2.24) is 5.32 Å². The third-order valence-electron chi connectivity index (χ3n) is 3.04. The fourth-order valence-corrected chi connectivity index (χ4v) is 2.16. The molecule has 2 saturated carbocycles. The summed E-state index contributed by atoms with van der Waals surface area (Å²) in [7, 11) is 0. The fourth-order valence-electron chi connectivity index (χ4n) is 2.16. The summed E-state index contributed by atoms with van der Waals surface area (Å²) in [5.74, 6) is 0. The van der Waals surface area contributed by atoms with E-state index in [0.717, 1.165) is 32.1 Å². The van der Waals surface area contributed by atoms with Crippen molar-refractivity contribution in [3.8, 4) is 0 Å². The number of aliphatic hydroxyl groups excluding tert-OH is 2. The second kappa shape index (κ2) is 3.32. The molecule has 0 aromatic heterocycles. The molecule has 70 valence electrons. The van der Waals surface area contributed by atoms with Crippen LogP contribution in [0, 0.1) is 0 Å². The molecule has 0 aliphatic heterocycles. The predicted octanol–water partition coefficient (Wildman–Crippen LogP) is 0.0127. The molecule has 0 spiro atoms. The summed E-state index contributed by atoms with van der Waals surface area (Å²) in [6.07, 6.45) is 4.64. The van der Waals surface area contributed by atoms with Gasteiger partial charge in [-0.2, -0.15) is 0 Å². The maximum Gasteiger partial charge on any atom is 0.0693 e. The highest BCUT2D eigenvalue weighted by atomic mass is 16.3. The molecule has 0 bridgehead atoms. The fraction of sp³-hybridized carbons (Fsp3) is 1.00. The van der Waals surface area contributed by atoms with Gasteiger partial charge in [-0.05, 0) is 32.1 Å². The van der Waals surface area contributed by atoms with Crippen LogP contribution < -0.4 is 5.32 Å². The van der Waals surface area contributed by atoms with Gasteiger partial charge in [0, 0.05) is 12.1 Å². The van der Waals surface area contributed by atoms with Gasteiger partial charge in [0.1, 0.15) is 0 Å². The normalized spacial score (nSPS) is 47.5. The molecule has 0 amide bonds. The molecule has 0 saturated heterocycles. The number of hydrogen-bond donors (Lipinski definition) is 3. The molecule has 3 heteroatoms. The summed E-state index contributed by atoms with van der Waals surface area (Å²) >= 11 is 0. The Kier molecular flexibility index (Phi) is 2.35. The molecule has 2 aliphatic rings. The van der Waals surface area contributed by atoms with Crippen molar-refractivity contribution in [2.45, 2.75) is 56.4 Å². The van der Waals surface area contributed by atoms with Gasteiger partial charge in [-0.25, -0.2) is 0 Å².